The molecule has 1 aromatic heterocycles. The fourth-order valence-electron chi connectivity index (χ4n) is 3.34. The van der Waals surface area contributed by atoms with Gasteiger partial charge in [-0.05, 0) is 49.8 Å². The van der Waals surface area contributed by atoms with E-state index in [9.17, 15) is 9.59 Å². The van der Waals surface area contributed by atoms with Crippen LogP contribution in [0.4, 0.5) is 10.6 Å². The first-order valence-electron chi connectivity index (χ1n) is 9.98. The molecule has 1 fully saturated rings. The lowest BCUT2D eigenvalue weighted by molar-refractivity contribution is 0.0526. The fourth-order valence-corrected chi connectivity index (χ4v) is 3.47. The quantitative estimate of drug-likeness (QED) is 0.504. The second-order valence-electron chi connectivity index (χ2n) is 7.02. The molecule has 0 atom stereocenters. The Bertz CT molecular complexity index is 857. The van der Waals surface area contributed by atoms with Gasteiger partial charge in [-0.2, -0.15) is 4.98 Å². The Kier molecular flexibility index (Phi) is 7.84. The summed E-state index contributed by atoms with van der Waals surface area (Å²) >= 11 is 5.89. The molecule has 0 bridgehead atoms. The number of rotatable bonds is 7. The van der Waals surface area contributed by atoms with Crippen molar-refractivity contribution in [3.05, 3.63) is 52.9 Å². The summed E-state index contributed by atoms with van der Waals surface area (Å²) in [5.74, 6) is -0.125. The molecule has 2 aromatic rings. The molecule has 0 spiro atoms. The molecule has 8 nitrogen and oxygen atoms in total. The molecule has 9 heteroatoms. The standard InChI is InChI=1S/C21H25ClN4O4/c1-2-29-19(27)17-12-23-20(22)26-18(17)24-15-8-10-16(11-9-15)25-21(28)30-13-14-6-4-3-5-7-14/h3-7,12,15-16H,2,8-11,13H2,1H3,(H,25,28)(H,23,24,26)/t15-,16+. The zero-order valence-electron chi connectivity index (χ0n) is 16.8. The SMILES string of the molecule is CCOC(=O)c1cnc(Cl)nc1N[C@H]1CC[C@@H](NC(=O)OCc2ccccc2)CC1. The number of aromatic nitrogens is 2. The summed E-state index contributed by atoms with van der Waals surface area (Å²) < 4.78 is 10.3. The van der Waals surface area contributed by atoms with Crippen molar-refractivity contribution < 1.29 is 19.1 Å². The summed E-state index contributed by atoms with van der Waals surface area (Å²) in [5.41, 5.74) is 1.20. The second-order valence-corrected chi connectivity index (χ2v) is 7.36. The van der Waals surface area contributed by atoms with E-state index < -0.39 is 12.1 Å². The lowest BCUT2D eigenvalue weighted by atomic mass is 9.91. The van der Waals surface area contributed by atoms with E-state index in [0.717, 1.165) is 31.2 Å². The van der Waals surface area contributed by atoms with Crippen molar-refractivity contribution in [3.8, 4) is 0 Å². The lowest BCUT2D eigenvalue weighted by Crippen LogP contribution is -2.40. The number of ether oxygens (including phenoxy) is 2. The van der Waals surface area contributed by atoms with Crippen molar-refractivity contribution in [2.24, 2.45) is 0 Å². The van der Waals surface area contributed by atoms with Gasteiger partial charge >= 0.3 is 12.1 Å². The van der Waals surface area contributed by atoms with Crippen molar-refractivity contribution in [1.29, 1.82) is 0 Å². The largest absolute Gasteiger partial charge is 0.462 e. The van der Waals surface area contributed by atoms with Crippen LogP contribution in [0.3, 0.4) is 0 Å². The average Bonchev–Trinajstić information content (AvgIpc) is 2.75. The molecule has 160 valence electrons. The average molecular weight is 433 g/mol. The summed E-state index contributed by atoms with van der Waals surface area (Å²) in [6.45, 7) is 2.24. The lowest BCUT2D eigenvalue weighted by Gasteiger charge is -2.30. The maximum Gasteiger partial charge on any atom is 0.407 e. The molecule has 0 aliphatic heterocycles. The number of benzene rings is 1. The third-order valence-electron chi connectivity index (χ3n) is 4.86. The van der Waals surface area contributed by atoms with E-state index in [1.54, 1.807) is 6.92 Å². The summed E-state index contributed by atoms with van der Waals surface area (Å²) in [4.78, 5) is 32.2. The van der Waals surface area contributed by atoms with Crippen LogP contribution in [0, 0.1) is 0 Å². The highest BCUT2D eigenvalue weighted by molar-refractivity contribution is 6.28. The van der Waals surface area contributed by atoms with Crippen LogP contribution < -0.4 is 10.6 Å². The van der Waals surface area contributed by atoms with Gasteiger partial charge < -0.3 is 20.1 Å². The van der Waals surface area contributed by atoms with Crippen LogP contribution in [-0.2, 0) is 16.1 Å². The molecular weight excluding hydrogens is 408 g/mol. The first kappa shape index (κ1) is 21.8. The first-order chi connectivity index (χ1) is 14.5. The van der Waals surface area contributed by atoms with Crippen molar-refractivity contribution in [3.63, 3.8) is 0 Å². The highest BCUT2D eigenvalue weighted by Crippen LogP contribution is 2.24. The van der Waals surface area contributed by atoms with Crippen LogP contribution in [0.2, 0.25) is 5.28 Å². The van der Waals surface area contributed by atoms with Gasteiger partial charge in [0.05, 0.1) is 6.61 Å². The van der Waals surface area contributed by atoms with Crippen LogP contribution >= 0.6 is 11.6 Å². The number of nitrogens with zero attached hydrogens (tertiary/aromatic N) is 2. The topological polar surface area (TPSA) is 102 Å². The number of carbonyl (C=O) groups is 2. The normalized spacial score (nSPS) is 18.3. The molecule has 1 aliphatic rings. The highest BCUT2D eigenvalue weighted by Gasteiger charge is 2.25. The summed E-state index contributed by atoms with van der Waals surface area (Å²) in [6, 6.07) is 9.70. The molecule has 1 aliphatic carbocycles. The number of halogens is 1. The molecule has 2 N–H and O–H groups in total. The molecule has 0 unspecified atom stereocenters. The number of hydrogen-bond donors (Lipinski definition) is 2. The van der Waals surface area contributed by atoms with Crippen molar-refractivity contribution in [2.45, 2.75) is 51.3 Å². The first-order valence-corrected chi connectivity index (χ1v) is 10.4. The van der Waals surface area contributed by atoms with E-state index in [2.05, 4.69) is 20.6 Å². The van der Waals surface area contributed by atoms with E-state index in [-0.39, 0.29) is 36.1 Å². The molecule has 1 aromatic carbocycles. The third-order valence-corrected chi connectivity index (χ3v) is 5.04. The van der Waals surface area contributed by atoms with Crippen molar-refractivity contribution in [1.82, 2.24) is 15.3 Å². The number of alkyl carbamates (subject to hydrolysis) is 1. The Hall–Kier alpha value is -2.87. The minimum Gasteiger partial charge on any atom is -0.462 e. The number of hydrogen-bond acceptors (Lipinski definition) is 7. The van der Waals surface area contributed by atoms with Gasteiger partial charge in [0.2, 0.25) is 5.28 Å². The van der Waals surface area contributed by atoms with Gasteiger partial charge in [-0.25, -0.2) is 14.6 Å². The Morgan fingerprint density at radius 2 is 1.80 bits per heavy atom. The van der Waals surface area contributed by atoms with Gasteiger partial charge in [0.15, 0.2) is 0 Å². The number of carbonyl (C=O) groups excluding carboxylic acids is 2. The molecule has 1 heterocycles. The van der Waals surface area contributed by atoms with Crippen LogP contribution in [0.25, 0.3) is 0 Å². The molecule has 1 saturated carbocycles. The smallest absolute Gasteiger partial charge is 0.407 e. The number of nitrogens with one attached hydrogen (secondary N) is 2. The van der Waals surface area contributed by atoms with Gasteiger partial charge in [0.25, 0.3) is 0 Å². The summed E-state index contributed by atoms with van der Waals surface area (Å²) in [7, 11) is 0. The monoisotopic (exact) mass is 432 g/mol. The van der Waals surface area contributed by atoms with Crippen LogP contribution in [-0.4, -0.2) is 40.7 Å². The fraction of sp³-hybridized carbons (Fsp3) is 0.429. The van der Waals surface area contributed by atoms with Crippen molar-refractivity contribution >= 4 is 29.5 Å². The second kappa shape index (κ2) is 10.8. The van der Waals surface area contributed by atoms with Gasteiger partial charge in [-0.3, -0.25) is 0 Å². The minimum atomic E-state index is -0.492. The molecule has 1 amide bonds. The molecule has 0 radical (unpaired) electrons. The van der Waals surface area contributed by atoms with Gasteiger partial charge in [0, 0.05) is 18.3 Å². The minimum absolute atomic E-state index is 0.0461. The van der Waals surface area contributed by atoms with Gasteiger partial charge in [0.1, 0.15) is 18.0 Å². The van der Waals surface area contributed by atoms with E-state index in [1.807, 2.05) is 30.3 Å². The summed E-state index contributed by atoms with van der Waals surface area (Å²) in [5, 5.41) is 6.25. The zero-order valence-corrected chi connectivity index (χ0v) is 17.5. The Balaban J connectivity index is 1.47. The van der Waals surface area contributed by atoms with E-state index in [1.165, 1.54) is 6.20 Å². The van der Waals surface area contributed by atoms with Crippen LogP contribution in [0.1, 0.15) is 48.5 Å². The molecule has 30 heavy (non-hydrogen) atoms. The highest BCUT2D eigenvalue weighted by atomic mass is 35.5. The maximum absolute atomic E-state index is 12.1. The molecular formula is C21H25ClN4O4. The van der Waals surface area contributed by atoms with Gasteiger partial charge in [-0.15, -0.1) is 0 Å². The number of anilines is 1. The predicted octanol–water partition coefficient (Wildman–Crippen LogP) is 3.96. The van der Waals surface area contributed by atoms with E-state index in [0.29, 0.717) is 5.82 Å². The molecule has 3 rings (SSSR count). The number of amides is 1. The number of esters is 1. The van der Waals surface area contributed by atoms with E-state index in [4.69, 9.17) is 21.1 Å². The Morgan fingerprint density at radius 1 is 1.10 bits per heavy atom. The summed E-state index contributed by atoms with van der Waals surface area (Å²) in [6.07, 6.45) is 4.12. The Labute approximate surface area is 180 Å². The maximum atomic E-state index is 12.1. The van der Waals surface area contributed by atoms with E-state index >= 15 is 0 Å². The van der Waals surface area contributed by atoms with Gasteiger partial charge in [-0.1, -0.05) is 30.3 Å². The van der Waals surface area contributed by atoms with Crippen LogP contribution in [0.5, 0.6) is 0 Å². The van der Waals surface area contributed by atoms with Crippen molar-refractivity contribution in [2.75, 3.05) is 11.9 Å². The predicted molar refractivity (Wildman–Crippen MR) is 112 cm³/mol. The van der Waals surface area contributed by atoms with Crippen LogP contribution in [0.15, 0.2) is 36.5 Å². The zero-order chi connectivity index (χ0) is 21.3. The third kappa shape index (κ3) is 6.32. The Morgan fingerprint density at radius 3 is 2.50 bits per heavy atom. The molecule has 0 saturated heterocycles.